The molecule has 202 valence electrons. The zero-order valence-electron chi connectivity index (χ0n) is 21.2. The first kappa shape index (κ1) is 25.2. The van der Waals surface area contributed by atoms with E-state index in [0.29, 0.717) is 44.5 Å². The molecule has 2 aliphatic heterocycles. The number of carbonyl (C=O) groups is 1. The van der Waals surface area contributed by atoms with Gasteiger partial charge in [0.15, 0.2) is 11.5 Å². The van der Waals surface area contributed by atoms with Crippen LogP contribution in [0, 0.1) is 0 Å². The summed E-state index contributed by atoms with van der Waals surface area (Å²) in [6, 6.07) is 7.78. The monoisotopic (exact) mass is 528 g/mol. The van der Waals surface area contributed by atoms with Crippen molar-refractivity contribution in [2.75, 3.05) is 20.1 Å². The number of likely N-dealkylation sites (N-methyl/N-ethyl adjacent to an activating group) is 1. The van der Waals surface area contributed by atoms with Gasteiger partial charge in [0.2, 0.25) is 5.91 Å². The van der Waals surface area contributed by atoms with Crippen molar-refractivity contribution in [2.45, 2.75) is 67.5 Å². The molecule has 1 amide bonds. The van der Waals surface area contributed by atoms with Crippen LogP contribution in [0.3, 0.4) is 0 Å². The number of aliphatic hydroxyl groups is 1. The molecule has 1 saturated heterocycles. The van der Waals surface area contributed by atoms with E-state index in [0.717, 1.165) is 23.3 Å². The van der Waals surface area contributed by atoms with Crippen LogP contribution < -0.4 is 4.74 Å². The fourth-order valence-corrected chi connectivity index (χ4v) is 7.73. The summed E-state index contributed by atoms with van der Waals surface area (Å²) in [5.41, 5.74) is -0.542. The fraction of sp³-hybridized carbons (Fsp3) is 0.483. The molecule has 38 heavy (non-hydrogen) atoms. The summed E-state index contributed by atoms with van der Waals surface area (Å²) < 4.78 is 46.1. The first-order valence-corrected chi connectivity index (χ1v) is 13.0. The van der Waals surface area contributed by atoms with Gasteiger partial charge in [-0.3, -0.25) is 9.69 Å². The van der Waals surface area contributed by atoms with Gasteiger partial charge in [-0.1, -0.05) is 30.3 Å². The molecule has 0 radical (unpaired) electrons. The first-order valence-electron chi connectivity index (χ1n) is 13.0. The number of phenols is 1. The Labute approximate surface area is 219 Å². The number of phenolic OH excluding ortho intramolecular Hbond substituents is 1. The average Bonchev–Trinajstić information content (AvgIpc) is 3.22. The molecule has 4 aliphatic rings. The molecule has 6 nitrogen and oxygen atoms in total. The van der Waals surface area contributed by atoms with Crippen molar-refractivity contribution in [1.29, 1.82) is 0 Å². The van der Waals surface area contributed by atoms with E-state index in [1.54, 1.807) is 18.0 Å². The van der Waals surface area contributed by atoms with E-state index in [1.807, 2.05) is 12.1 Å². The van der Waals surface area contributed by atoms with E-state index in [9.17, 15) is 28.2 Å². The van der Waals surface area contributed by atoms with Gasteiger partial charge in [-0.15, -0.1) is 6.58 Å². The predicted octanol–water partition coefficient (Wildman–Crippen LogP) is 3.82. The molecule has 0 unspecified atom stereocenters. The average molecular weight is 529 g/mol. The Bertz CT molecular complexity index is 1310. The second-order valence-electron chi connectivity index (χ2n) is 11.1. The first-order chi connectivity index (χ1) is 18.0. The van der Waals surface area contributed by atoms with Crippen molar-refractivity contribution < 1.29 is 32.9 Å². The molecule has 2 heterocycles. The van der Waals surface area contributed by atoms with Gasteiger partial charge in [0, 0.05) is 25.2 Å². The third-order valence-electron chi connectivity index (χ3n) is 9.41. The molecular weight excluding hydrogens is 497 g/mol. The molecule has 2 aromatic rings. The molecule has 1 spiro atoms. The summed E-state index contributed by atoms with van der Waals surface area (Å²) in [7, 11) is 1.65. The molecule has 5 atom stereocenters. The quantitative estimate of drug-likeness (QED) is 0.578. The van der Waals surface area contributed by atoms with Gasteiger partial charge in [0.05, 0.1) is 29.0 Å². The number of alkyl halides is 3. The number of carbonyl (C=O) groups excluding carboxylic acids is 1. The van der Waals surface area contributed by atoms with Gasteiger partial charge in [0.25, 0.3) is 0 Å². The fourth-order valence-electron chi connectivity index (χ4n) is 7.73. The Morgan fingerprint density at radius 3 is 2.82 bits per heavy atom. The summed E-state index contributed by atoms with van der Waals surface area (Å²) >= 11 is 0. The minimum Gasteiger partial charge on any atom is -0.504 e. The number of rotatable bonds is 5. The largest absolute Gasteiger partial charge is 0.504 e. The Balaban J connectivity index is 1.35. The lowest BCUT2D eigenvalue weighted by molar-refractivity contribution is -0.198. The number of amides is 1. The Hall–Kier alpha value is -3.04. The maximum Gasteiger partial charge on any atom is 0.416 e. The molecule has 1 saturated carbocycles. The van der Waals surface area contributed by atoms with Crippen LogP contribution in [0.5, 0.6) is 11.5 Å². The highest BCUT2D eigenvalue weighted by molar-refractivity contribution is 5.79. The van der Waals surface area contributed by atoms with Crippen LogP contribution in [0.15, 0.2) is 49.1 Å². The summed E-state index contributed by atoms with van der Waals surface area (Å²) in [5, 5.41) is 23.2. The standard InChI is InChI=1S/C29H31F3N2O4/c1-3-12-34-13-11-27-24-18-7-8-21(35)25(24)38-26(27)20(9-10-28(27,37)22(34)16-18)33(2)23(36)15-17-5-4-6-19(14-17)29(30,31)32/h3-8,14,20,22,26,35,37H,1,9-13,15-16H2,2H3/t20-,22+,26-,27-,28+/m0/s1. The van der Waals surface area contributed by atoms with Crippen LogP contribution in [-0.4, -0.2) is 69.8 Å². The van der Waals surface area contributed by atoms with E-state index in [-0.39, 0.29) is 29.7 Å². The highest BCUT2D eigenvalue weighted by Gasteiger charge is 2.73. The van der Waals surface area contributed by atoms with Gasteiger partial charge < -0.3 is 19.8 Å². The number of benzene rings is 2. The lowest BCUT2D eigenvalue weighted by Crippen LogP contribution is -2.78. The van der Waals surface area contributed by atoms with Gasteiger partial charge in [0.1, 0.15) is 6.10 Å². The van der Waals surface area contributed by atoms with Crippen molar-refractivity contribution in [3.63, 3.8) is 0 Å². The lowest BCUT2D eigenvalue weighted by atomic mass is 9.48. The third kappa shape index (κ3) is 3.37. The third-order valence-corrected chi connectivity index (χ3v) is 9.41. The second-order valence-corrected chi connectivity index (χ2v) is 11.1. The van der Waals surface area contributed by atoms with Crippen LogP contribution >= 0.6 is 0 Å². The molecule has 2 aliphatic carbocycles. The number of hydrogen-bond acceptors (Lipinski definition) is 5. The van der Waals surface area contributed by atoms with Crippen LogP contribution in [0.4, 0.5) is 13.2 Å². The summed E-state index contributed by atoms with van der Waals surface area (Å²) in [4.78, 5) is 17.2. The van der Waals surface area contributed by atoms with Crippen molar-refractivity contribution in [2.24, 2.45) is 0 Å². The van der Waals surface area contributed by atoms with Crippen LogP contribution in [0.1, 0.15) is 41.5 Å². The number of piperidine rings is 1. The highest BCUT2D eigenvalue weighted by atomic mass is 19.4. The number of ether oxygens (including phenoxy) is 1. The Morgan fingerprint density at radius 1 is 1.29 bits per heavy atom. The molecule has 9 heteroatoms. The van der Waals surface area contributed by atoms with Crippen LogP contribution in [0.25, 0.3) is 0 Å². The number of halogens is 3. The Kier molecular flexibility index (Phi) is 5.63. The van der Waals surface area contributed by atoms with Gasteiger partial charge >= 0.3 is 6.18 Å². The molecular formula is C29H31F3N2O4. The van der Waals surface area contributed by atoms with Crippen LogP contribution in [0.2, 0.25) is 0 Å². The number of nitrogens with zero attached hydrogens (tertiary/aromatic N) is 2. The maximum absolute atomic E-state index is 13.4. The van der Waals surface area contributed by atoms with Gasteiger partial charge in [-0.25, -0.2) is 0 Å². The van der Waals surface area contributed by atoms with Crippen molar-refractivity contribution in [1.82, 2.24) is 9.80 Å². The number of aromatic hydroxyl groups is 1. The molecule has 6 rings (SSSR count). The summed E-state index contributed by atoms with van der Waals surface area (Å²) in [6.45, 7) is 5.24. The second kappa shape index (κ2) is 8.48. The van der Waals surface area contributed by atoms with Crippen molar-refractivity contribution in [3.05, 3.63) is 71.3 Å². The zero-order chi connectivity index (χ0) is 27.0. The van der Waals surface area contributed by atoms with E-state index < -0.39 is 34.9 Å². The minimum atomic E-state index is -4.49. The molecule has 0 aromatic heterocycles. The van der Waals surface area contributed by atoms with Gasteiger partial charge in [-0.2, -0.15) is 13.2 Å². The van der Waals surface area contributed by atoms with Crippen molar-refractivity contribution in [3.8, 4) is 11.5 Å². The lowest BCUT2D eigenvalue weighted by Gasteiger charge is -2.64. The van der Waals surface area contributed by atoms with Gasteiger partial charge in [-0.05, 0) is 55.5 Å². The molecule has 2 N–H and O–H groups in total. The predicted molar refractivity (Wildman–Crippen MR) is 134 cm³/mol. The molecule has 2 fully saturated rings. The summed E-state index contributed by atoms with van der Waals surface area (Å²) in [6.07, 6.45) is -1.30. The highest BCUT2D eigenvalue weighted by Crippen LogP contribution is 2.65. The zero-order valence-corrected chi connectivity index (χ0v) is 21.2. The minimum absolute atomic E-state index is 0.0125. The van der Waals surface area contributed by atoms with E-state index in [1.165, 1.54) is 12.1 Å². The summed E-state index contributed by atoms with van der Waals surface area (Å²) in [5.74, 6) is 0.0716. The molecule has 2 aromatic carbocycles. The normalized spacial score (nSPS) is 31.3. The SMILES string of the molecule is C=CCN1CC[C@]23c4c5ccc(O)c4O[C@H]2[C@@H](N(C)C(=O)Cc2cccc(C(F)(F)F)c2)CC[C@@]3(O)[C@H]1C5. The topological polar surface area (TPSA) is 73.2 Å². The van der Waals surface area contributed by atoms with Crippen LogP contribution in [-0.2, 0) is 29.2 Å². The van der Waals surface area contributed by atoms with E-state index in [2.05, 4.69) is 11.5 Å². The maximum atomic E-state index is 13.4. The smallest absolute Gasteiger partial charge is 0.416 e. The van der Waals surface area contributed by atoms with Crippen molar-refractivity contribution >= 4 is 5.91 Å². The number of likely N-dealkylation sites (tertiary alicyclic amines) is 1. The number of hydrogen-bond donors (Lipinski definition) is 2. The van der Waals surface area contributed by atoms with E-state index >= 15 is 0 Å². The molecule has 2 bridgehead atoms. The Morgan fingerprint density at radius 2 is 2.08 bits per heavy atom. The van der Waals surface area contributed by atoms with E-state index in [4.69, 9.17) is 4.74 Å².